The van der Waals surface area contributed by atoms with Gasteiger partial charge in [-0.2, -0.15) is 5.26 Å². The molecule has 192 valence electrons. The molecule has 2 aromatic carbocycles. The van der Waals surface area contributed by atoms with E-state index in [0.29, 0.717) is 69.0 Å². The number of hydrogen-bond acceptors (Lipinski definition) is 9. The zero-order valence-electron chi connectivity index (χ0n) is 20.6. The Kier molecular flexibility index (Phi) is 8.31. The van der Waals surface area contributed by atoms with E-state index in [0.717, 1.165) is 17.5 Å². The van der Waals surface area contributed by atoms with Gasteiger partial charge in [-0.15, -0.1) is 0 Å². The number of ether oxygens (including phenoxy) is 4. The van der Waals surface area contributed by atoms with Gasteiger partial charge in [-0.3, -0.25) is 9.59 Å². The van der Waals surface area contributed by atoms with E-state index in [1.165, 1.54) is 21.3 Å². The standard InChI is InChI=1S/C27H25ClN2O6S/c1-33-21-11-15(12-22(34-2)26(21)35-3)24-18(13-29)27(30-19-5-4-6-20(31)25(19)24)37-14-23(32)36-17-9-7-16(28)8-10-17/h7-12,24,30H,4-6,14H2,1-3H3. The number of halogens is 1. The van der Waals surface area contributed by atoms with Crippen molar-refractivity contribution in [3.05, 3.63) is 68.9 Å². The van der Waals surface area contributed by atoms with Crippen LogP contribution in [0.15, 0.2) is 58.3 Å². The van der Waals surface area contributed by atoms with Gasteiger partial charge < -0.3 is 24.3 Å². The fourth-order valence-electron chi connectivity index (χ4n) is 4.43. The van der Waals surface area contributed by atoms with Crippen LogP contribution in [0.5, 0.6) is 23.0 Å². The molecular formula is C27H25ClN2O6S. The van der Waals surface area contributed by atoms with Crippen molar-refractivity contribution in [2.45, 2.75) is 25.2 Å². The van der Waals surface area contributed by atoms with Gasteiger partial charge in [0.05, 0.1) is 49.7 Å². The van der Waals surface area contributed by atoms with E-state index in [1.807, 2.05) is 0 Å². The second kappa shape index (κ2) is 11.6. The molecule has 1 aliphatic carbocycles. The monoisotopic (exact) mass is 540 g/mol. The van der Waals surface area contributed by atoms with Crippen molar-refractivity contribution < 1.29 is 28.5 Å². The number of carbonyl (C=O) groups excluding carboxylic acids is 2. The number of nitriles is 1. The number of ketones is 1. The van der Waals surface area contributed by atoms with Crippen LogP contribution in [0, 0.1) is 11.3 Å². The number of dihydropyridines is 1. The fraction of sp³-hybridized carbons (Fsp3) is 0.296. The fourth-order valence-corrected chi connectivity index (χ4v) is 5.39. The maximum atomic E-state index is 13.1. The number of methoxy groups -OCH3 is 3. The van der Waals surface area contributed by atoms with E-state index in [-0.39, 0.29) is 11.5 Å². The summed E-state index contributed by atoms with van der Waals surface area (Å²) in [6, 6.07) is 12.2. The second-order valence-corrected chi connectivity index (χ2v) is 9.68. The Morgan fingerprint density at radius 3 is 2.38 bits per heavy atom. The van der Waals surface area contributed by atoms with Gasteiger partial charge in [-0.05, 0) is 54.8 Å². The largest absolute Gasteiger partial charge is 0.493 e. The van der Waals surface area contributed by atoms with E-state index >= 15 is 0 Å². The third-order valence-electron chi connectivity index (χ3n) is 6.06. The molecule has 0 saturated carbocycles. The lowest BCUT2D eigenvalue weighted by molar-refractivity contribution is -0.131. The number of Topliss-reactive ketones (excluding diaryl/α,β-unsaturated/α-hetero) is 1. The Morgan fingerprint density at radius 1 is 1.11 bits per heavy atom. The molecular weight excluding hydrogens is 516 g/mol. The number of hydrogen-bond donors (Lipinski definition) is 1. The maximum absolute atomic E-state index is 13.1. The molecule has 0 aromatic heterocycles. The summed E-state index contributed by atoms with van der Waals surface area (Å²) in [4.78, 5) is 25.6. The lowest BCUT2D eigenvalue weighted by Gasteiger charge is -2.33. The Bertz CT molecular complexity index is 1300. The number of benzene rings is 2. The van der Waals surface area contributed by atoms with Crippen molar-refractivity contribution in [1.82, 2.24) is 5.32 Å². The highest BCUT2D eigenvalue weighted by Crippen LogP contribution is 2.48. The van der Waals surface area contributed by atoms with E-state index in [9.17, 15) is 14.9 Å². The van der Waals surface area contributed by atoms with E-state index in [2.05, 4.69) is 11.4 Å². The zero-order valence-corrected chi connectivity index (χ0v) is 22.1. The Labute approximate surface area is 224 Å². The molecule has 1 unspecified atom stereocenters. The summed E-state index contributed by atoms with van der Waals surface area (Å²) < 4.78 is 21.9. The highest BCUT2D eigenvalue weighted by molar-refractivity contribution is 8.03. The summed E-state index contributed by atoms with van der Waals surface area (Å²) in [5.41, 5.74) is 2.28. The first-order chi connectivity index (χ1) is 17.9. The molecule has 0 spiro atoms. The van der Waals surface area contributed by atoms with Crippen LogP contribution < -0.4 is 24.3 Å². The molecule has 37 heavy (non-hydrogen) atoms. The van der Waals surface area contributed by atoms with Crippen molar-refractivity contribution >= 4 is 35.1 Å². The molecule has 0 saturated heterocycles. The van der Waals surface area contributed by atoms with Crippen molar-refractivity contribution in [1.29, 1.82) is 5.26 Å². The van der Waals surface area contributed by atoms with Crippen molar-refractivity contribution in [2.24, 2.45) is 0 Å². The molecule has 1 heterocycles. The van der Waals surface area contributed by atoms with Crippen molar-refractivity contribution in [3.8, 4) is 29.1 Å². The molecule has 4 rings (SSSR count). The van der Waals surface area contributed by atoms with Gasteiger partial charge in [0.1, 0.15) is 5.75 Å². The Balaban J connectivity index is 1.70. The van der Waals surface area contributed by atoms with Crippen LogP contribution in [0.2, 0.25) is 5.02 Å². The predicted octanol–water partition coefficient (Wildman–Crippen LogP) is 5.13. The summed E-state index contributed by atoms with van der Waals surface area (Å²) in [5, 5.41) is 14.5. The Morgan fingerprint density at radius 2 is 1.78 bits per heavy atom. The number of esters is 1. The van der Waals surface area contributed by atoms with Gasteiger partial charge >= 0.3 is 5.97 Å². The molecule has 2 aromatic rings. The number of thioether (sulfide) groups is 1. The van der Waals surface area contributed by atoms with Gasteiger partial charge in [-0.1, -0.05) is 23.4 Å². The first-order valence-electron chi connectivity index (χ1n) is 11.5. The molecule has 0 amide bonds. The minimum absolute atomic E-state index is 0.0218. The van der Waals surface area contributed by atoms with E-state index in [1.54, 1.807) is 36.4 Å². The van der Waals surface area contributed by atoms with Crippen LogP contribution in [0.1, 0.15) is 30.7 Å². The first-order valence-corrected chi connectivity index (χ1v) is 12.8. The lowest BCUT2D eigenvalue weighted by Crippen LogP contribution is -2.31. The topological polar surface area (TPSA) is 107 Å². The van der Waals surface area contributed by atoms with Gasteiger partial charge in [0.25, 0.3) is 0 Å². The normalized spacial score (nSPS) is 16.9. The number of carbonyl (C=O) groups is 2. The Hall–Kier alpha value is -3.61. The van der Waals surface area contributed by atoms with Crippen LogP contribution in [0.3, 0.4) is 0 Å². The number of nitrogens with zero attached hydrogens (tertiary/aromatic N) is 1. The highest BCUT2D eigenvalue weighted by atomic mass is 35.5. The molecule has 2 aliphatic rings. The summed E-state index contributed by atoms with van der Waals surface area (Å²) in [6.07, 6.45) is 1.75. The first kappa shape index (κ1) is 26.5. The maximum Gasteiger partial charge on any atom is 0.321 e. The third kappa shape index (κ3) is 5.55. The van der Waals surface area contributed by atoms with E-state index in [4.69, 9.17) is 30.5 Å². The summed E-state index contributed by atoms with van der Waals surface area (Å²) in [7, 11) is 4.53. The van der Waals surface area contributed by atoms with Gasteiger partial charge in [0.2, 0.25) is 5.75 Å². The van der Waals surface area contributed by atoms with E-state index < -0.39 is 11.9 Å². The zero-order chi connectivity index (χ0) is 26.5. The van der Waals surface area contributed by atoms with Crippen molar-refractivity contribution in [2.75, 3.05) is 27.1 Å². The lowest BCUT2D eigenvalue weighted by atomic mass is 9.76. The summed E-state index contributed by atoms with van der Waals surface area (Å²) >= 11 is 7.04. The predicted molar refractivity (Wildman–Crippen MR) is 140 cm³/mol. The molecule has 8 nitrogen and oxygen atoms in total. The molecule has 0 bridgehead atoms. The number of allylic oxidation sites excluding steroid dienone is 3. The van der Waals surface area contributed by atoms with Crippen LogP contribution in [-0.4, -0.2) is 38.8 Å². The number of nitrogens with one attached hydrogen (secondary N) is 1. The average Bonchev–Trinajstić information content (AvgIpc) is 2.91. The molecule has 10 heteroatoms. The van der Waals surface area contributed by atoms with Crippen LogP contribution in [-0.2, 0) is 9.59 Å². The molecule has 1 aliphatic heterocycles. The quantitative estimate of drug-likeness (QED) is 0.360. The molecule has 0 fully saturated rings. The number of rotatable bonds is 8. The highest BCUT2D eigenvalue weighted by Gasteiger charge is 2.38. The molecule has 0 radical (unpaired) electrons. The minimum atomic E-state index is -0.655. The third-order valence-corrected chi connectivity index (χ3v) is 7.31. The minimum Gasteiger partial charge on any atom is -0.493 e. The second-order valence-electron chi connectivity index (χ2n) is 8.26. The van der Waals surface area contributed by atoms with Crippen LogP contribution >= 0.6 is 23.4 Å². The molecule has 1 atom stereocenters. The average molecular weight is 541 g/mol. The summed E-state index contributed by atoms with van der Waals surface area (Å²) in [6.45, 7) is 0. The van der Waals surface area contributed by atoms with Crippen LogP contribution in [0.4, 0.5) is 0 Å². The van der Waals surface area contributed by atoms with Gasteiger partial charge in [-0.25, -0.2) is 0 Å². The molecule has 1 N–H and O–H groups in total. The summed E-state index contributed by atoms with van der Waals surface area (Å²) in [5.74, 6) is 0.409. The van der Waals surface area contributed by atoms with Crippen LogP contribution in [0.25, 0.3) is 0 Å². The van der Waals surface area contributed by atoms with Gasteiger partial charge in [0, 0.05) is 22.7 Å². The van der Waals surface area contributed by atoms with Crippen molar-refractivity contribution in [3.63, 3.8) is 0 Å². The smallest absolute Gasteiger partial charge is 0.321 e. The van der Waals surface area contributed by atoms with Gasteiger partial charge in [0.15, 0.2) is 17.3 Å². The SMILES string of the molecule is COc1cc(C2C(C#N)=C(SCC(=O)Oc3ccc(Cl)cc3)NC3=C2C(=O)CCC3)cc(OC)c1OC.